The third kappa shape index (κ3) is 1.94. The summed E-state index contributed by atoms with van der Waals surface area (Å²) in [5.74, 6) is 0.598. The monoisotopic (exact) mass is 170 g/mol. The largest absolute Gasteiger partial charge is 0.453 e. The molecule has 0 saturated heterocycles. The molecule has 0 aliphatic rings. The van der Waals surface area contributed by atoms with Gasteiger partial charge < -0.3 is 10.1 Å². The summed E-state index contributed by atoms with van der Waals surface area (Å²) in [4.78, 5) is 14.6. The first-order valence-corrected chi connectivity index (χ1v) is 3.43. The van der Waals surface area contributed by atoms with Crippen LogP contribution in [0.5, 0.6) is 0 Å². The number of nitrogens with one attached hydrogen (secondary N) is 2. The summed E-state index contributed by atoms with van der Waals surface area (Å²) in [6, 6.07) is -0.222. The van der Waals surface area contributed by atoms with Crippen LogP contribution in [-0.2, 0) is 4.74 Å². The van der Waals surface area contributed by atoms with Crippen molar-refractivity contribution in [2.75, 3.05) is 7.11 Å². The van der Waals surface area contributed by atoms with Crippen LogP contribution in [0.3, 0.4) is 0 Å². The number of amides is 1. The van der Waals surface area contributed by atoms with E-state index in [4.69, 9.17) is 0 Å². The van der Waals surface area contributed by atoms with Crippen molar-refractivity contribution in [3.05, 3.63) is 12.2 Å². The highest BCUT2D eigenvalue weighted by Gasteiger charge is 2.10. The van der Waals surface area contributed by atoms with E-state index in [9.17, 15) is 4.79 Å². The average Bonchev–Trinajstić information content (AvgIpc) is 2.56. The van der Waals surface area contributed by atoms with Crippen LogP contribution >= 0.6 is 0 Å². The van der Waals surface area contributed by atoms with E-state index >= 15 is 0 Å². The van der Waals surface area contributed by atoms with Crippen LogP contribution in [0.25, 0.3) is 0 Å². The van der Waals surface area contributed by atoms with Crippen LogP contribution in [0, 0.1) is 0 Å². The second-order valence-electron chi connectivity index (χ2n) is 2.23. The van der Waals surface area contributed by atoms with E-state index in [1.807, 2.05) is 0 Å². The second kappa shape index (κ2) is 3.70. The lowest BCUT2D eigenvalue weighted by atomic mass is 10.3. The fourth-order valence-corrected chi connectivity index (χ4v) is 0.728. The first-order chi connectivity index (χ1) is 5.74. The van der Waals surface area contributed by atoms with Gasteiger partial charge in [0, 0.05) is 0 Å². The number of hydrogen-bond donors (Lipinski definition) is 2. The highest BCUT2D eigenvalue weighted by atomic mass is 16.5. The minimum absolute atomic E-state index is 0.222. The molecule has 12 heavy (non-hydrogen) atoms. The third-order valence-corrected chi connectivity index (χ3v) is 1.36. The van der Waals surface area contributed by atoms with E-state index < -0.39 is 6.09 Å². The summed E-state index contributed by atoms with van der Waals surface area (Å²) < 4.78 is 4.41. The standard InChI is InChI=1S/C6H10N4O2/c1-4(9-6(11)12-2)5-7-3-8-10-5/h3-4H,1-2H3,(H,9,11)(H,7,8,10). The summed E-state index contributed by atoms with van der Waals surface area (Å²) >= 11 is 0. The molecule has 2 N–H and O–H groups in total. The Labute approximate surface area is 69.3 Å². The zero-order chi connectivity index (χ0) is 8.97. The number of alkyl carbamates (subject to hydrolysis) is 1. The number of aromatic nitrogens is 3. The normalized spacial score (nSPS) is 12.2. The fourth-order valence-electron chi connectivity index (χ4n) is 0.728. The molecule has 1 aromatic heterocycles. The van der Waals surface area contributed by atoms with Gasteiger partial charge in [0.25, 0.3) is 0 Å². The number of ether oxygens (including phenoxy) is 1. The molecule has 66 valence electrons. The molecule has 0 saturated carbocycles. The number of H-pyrrole nitrogens is 1. The van der Waals surface area contributed by atoms with Crippen molar-refractivity contribution < 1.29 is 9.53 Å². The molecular weight excluding hydrogens is 160 g/mol. The Balaban J connectivity index is 2.49. The van der Waals surface area contributed by atoms with E-state index in [1.165, 1.54) is 13.4 Å². The molecule has 0 aliphatic heterocycles. The van der Waals surface area contributed by atoms with Crippen molar-refractivity contribution in [3.8, 4) is 0 Å². The van der Waals surface area contributed by atoms with Gasteiger partial charge in [-0.25, -0.2) is 9.78 Å². The molecule has 6 heteroatoms. The summed E-state index contributed by atoms with van der Waals surface area (Å²) in [7, 11) is 1.31. The molecule has 1 atom stereocenters. The molecule has 0 fully saturated rings. The van der Waals surface area contributed by atoms with Crippen molar-refractivity contribution in [3.63, 3.8) is 0 Å². The number of methoxy groups -OCH3 is 1. The first kappa shape index (κ1) is 8.51. The molecule has 0 aliphatic carbocycles. The van der Waals surface area contributed by atoms with E-state index in [0.717, 1.165) is 0 Å². The summed E-state index contributed by atoms with van der Waals surface area (Å²) in [5.41, 5.74) is 0. The predicted molar refractivity (Wildman–Crippen MR) is 40.3 cm³/mol. The van der Waals surface area contributed by atoms with E-state index in [2.05, 4.69) is 25.2 Å². The van der Waals surface area contributed by atoms with E-state index in [-0.39, 0.29) is 6.04 Å². The maximum absolute atomic E-state index is 10.7. The maximum Gasteiger partial charge on any atom is 0.407 e. The van der Waals surface area contributed by atoms with Crippen LogP contribution in [0.1, 0.15) is 18.8 Å². The van der Waals surface area contributed by atoms with Gasteiger partial charge in [0.15, 0.2) is 0 Å². The minimum Gasteiger partial charge on any atom is -0.453 e. The number of carbonyl (C=O) groups excluding carboxylic acids is 1. The Morgan fingerprint density at radius 3 is 3.08 bits per heavy atom. The lowest BCUT2D eigenvalue weighted by Gasteiger charge is -2.08. The molecule has 0 bridgehead atoms. The zero-order valence-corrected chi connectivity index (χ0v) is 6.87. The molecule has 1 amide bonds. The predicted octanol–water partition coefficient (Wildman–Crippen LogP) is 0.222. The van der Waals surface area contributed by atoms with Crippen molar-refractivity contribution in [2.45, 2.75) is 13.0 Å². The van der Waals surface area contributed by atoms with E-state index in [1.54, 1.807) is 6.92 Å². The van der Waals surface area contributed by atoms with Crippen molar-refractivity contribution in [1.29, 1.82) is 0 Å². The Morgan fingerprint density at radius 2 is 2.58 bits per heavy atom. The SMILES string of the molecule is COC(=O)NC(C)c1ncn[nH]1. The quantitative estimate of drug-likeness (QED) is 0.665. The van der Waals surface area contributed by atoms with Crippen LogP contribution in [0.15, 0.2) is 6.33 Å². The topological polar surface area (TPSA) is 79.9 Å². The first-order valence-electron chi connectivity index (χ1n) is 3.43. The van der Waals surface area contributed by atoms with Gasteiger partial charge in [-0.1, -0.05) is 0 Å². The van der Waals surface area contributed by atoms with Gasteiger partial charge in [0.1, 0.15) is 12.2 Å². The number of carbonyl (C=O) groups is 1. The van der Waals surface area contributed by atoms with Crippen LogP contribution in [-0.4, -0.2) is 28.4 Å². The van der Waals surface area contributed by atoms with Crippen LogP contribution < -0.4 is 5.32 Å². The molecule has 1 aromatic rings. The number of aromatic amines is 1. The molecule has 1 unspecified atom stereocenters. The molecule has 1 heterocycles. The lowest BCUT2D eigenvalue weighted by molar-refractivity contribution is 0.167. The van der Waals surface area contributed by atoms with E-state index in [0.29, 0.717) is 5.82 Å². The highest BCUT2D eigenvalue weighted by Crippen LogP contribution is 2.03. The van der Waals surface area contributed by atoms with Gasteiger partial charge in [-0.15, -0.1) is 0 Å². The molecule has 6 nitrogen and oxygen atoms in total. The van der Waals surface area contributed by atoms with Crippen LogP contribution in [0.2, 0.25) is 0 Å². The number of nitrogens with zero attached hydrogens (tertiary/aromatic N) is 2. The average molecular weight is 170 g/mol. The molecule has 0 spiro atoms. The van der Waals surface area contributed by atoms with Crippen molar-refractivity contribution >= 4 is 6.09 Å². The number of hydrogen-bond acceptors (Lipinski definition) is 4. The lowest BCUT2D eigenvalue weighted by Crippen LogP contribution is -2.26. The minimum atomic E-state index is -0.487. The molecule has 1 rings (SSSR count). The zero-order valence-electron chi connectivity index (χ0n) is 6.87. The van der Waals surface area contributed by atoms with Gasteiger partial charge >= 0.3 is 6.09 Å². The van der Waals surface area contributed by atoms with Crippen molar-refractivity contribution in [2.24, 2.45) is 0 Å². The Kier molecular flexibility index (Phi) is 2.62. The Hall–Kier alpha value is -1.59. The molecule has 0 aromatic carbocycles. The summed E-state index contributed by atoms with van der Waals surface area (Å²) in [6.07, 6.45) is 0.893. The van der Waals surface area contributed by atoms with Gasteiger partial charge in [0.2, 0.25) is 0 Å². The van der Waals surface area contributed by atoms with Gasteiger partial charge in [-0.3, -0.25) is 5.10 Å². The summed E-state index contributed by atoms with van der Waals surface area (Å²) in [6.45, 7) is 1.78. The maximum atomic E-state index is 10.7. The van der Waals surface area contributed by atoms with Crippen LogP contribution in [0.4, 0.5) is 4.79 Å². The number of rotatable bonds is 2. The van der Waals surface area contributed by atoms with Gasteiger partial charge in [-0.2, -0.15) is 5.10 Å². The Morgan fingerprint density at radius 1 is 1.83 bits per heavy atom. The Bertz CT molecular complexity index is 246. The second-order valence-corrected chi connectivity index (χ2v) is 2.23. The molecule has 0 radical (unpaired) electrons. The third-order valence-electron chi connectivity index (χ3n) is 1.36. The molecular formula is C6H10N4O2. The van der Waals surface area contributed by atoms with Gasteiger partial charge in [0.05, 0.1) is 13.2 Å². The smallest absolute Gasteiger partial charge is 0.407 e. The van der Waals surface area contributed by atoms with Crippen molar-refractivity contribution in [1.82, 2.24) is 20.5 Å². The highest BCUT2D eigenvalue weighted by molar-refractivity contribution is 5.67. The fraction of sp³-hybridized carbons (Fsp3) is 0.500. The summed E-state index contributed by atoms with van der Waals surface area (Å²) in [5, 5.41) is 8.82. The van der Waals surface area contributed by atoms with Gasteiger partial charge in [-0.05, 0) is 6.92 Å².